The lowest BCUT2D eigenvalue weighted by Gasteiger charge is -2.34. The van der Waals surface area contributed by atoms with E-state index in [0.29, 0.717) is 49.6 Å². The van der Waals surface area contributed by atoms with Crippen molar-refractivity contribution in [2.75, 3.05) is 31.1 Å². The lowest BCUT2D eigenvalue weighted by molar-refractivity contribution is 0.0741. The fraction of sp³-hybridized carbons (Fsp3) is 0.208. The molecule has 0 saturated carbocycles. The van der Waals surface area contributed by atoms with Crippen molar-refractivity contribution < 1.29 is 9.18 Å². The Morgan fingerprint density at radius 3 is 2.52 bits per heavy atom. The van der Waals surface area contributed by atoms with Crippen molar-refractivity contribution in [2.24, 2.45) is 0 Å². The molecule has 4 aromatic rings. The Bertz CT molecular complexity index is 1370. The van der Waals surface area contributed by atoms with Gasteiger partial charge in [0, 0.05) is 44.0 Å². The fourth-order valence-electron chi connectivity index (χ4n) is 4.03. The molecule has 1 fully saturated rings. The average Bonchev–Trinajstić information content (AvgIpc) is 2.87. The van der Waals surface area contributed by atoms with Gasteiger partial charge in [0.25, 0.3) is 5.91 Å². The second kappa shape index (κ2) is 8.78. The maximum absolute atomic E-state index is 14.6. The van der Waals surface area contributed by atoms with E-state index in [-0.39, 0.29) is 16.9 Å². The highest BCUT2D eigenvalue weighted by molar-refractivity contribution is 5.95. The van der Waals surface area contributed by atoms with Crippen molar-refractivity contribution in [3.8, 4) is 0 Å². The summed E-state index contributed by atoms with van der Waals surface area (Å²) in [6.07, 6.45) is 4.64. The van der Waals surface area contributed by atoms with Gasteiger partial charge in [0.1, 0.15) is 5.82 Å². The number of halogens is 1. The molecule has 1 aliphatic heterocycles. The van der Waals surface area contributed by atoms with Crippen LogP contribution in [0.5, 0.6) is 0 Å². The Kier molecular flexibility index (Phi) is 5.52. The molecular weight excluding hydrogens is 423 g/mol. The molecule has 1 aliphatic rings. The molecule has 0 aliphatic carbocycles. The zero-order chi connectivity index (χ0) is 22.8. The Morgan fingerprint density at radius 2 is 1.73 bits per heavy atom. The number of nitrogens with zero attached hydrogens (tertiary/aromatic N) is 6. The molecule has 0 bridgehead atoms. The number of piperazine rings is 1. The quantitative estimate of drug-likeness (QED) is 0.481. The first-order chi connectivity index (χ1) is 16.1. The smallest absolute Gasteiger partial charge is 0.256 e. The number of para-hydroxylation sites is 1. The van der Waals surface area contributed by atoms with E-state index in [4.69, 9.17) is 0 Å². The molecule has 3 heterocycles. The predicted molar refractivity (Wildman–Crippen MR) is 122 cm³/mol. The summed E-state index contributed by atoms with van der Waals surface area (Å²) in [4.78, 5) is 37.3. The van der Waals surface area contributed by atoms with Crippen molar-refractivity contribution in [3.63, 3.8) is 0 Å². The predicted octanol–water partition coefficient (Wildman–Crippen LogP) is 2.34. The Hall–Kier alpha value is -4.14. The second-order valence-electron chi connectivity index (χ2n) is 7.83. The molecule has 0 atom stereocenters. The van der Waals surface area contributed by atoms with Gasteiger partial charge in [-0.2, -0.15) is 5.10 Å². The van der Waals surface area contributed by atoms with Crippen LogP contribution in [-0.2, 0) is 6.54 Å². The molecular formula is C24H21FN6O2. The first-order valence-electron chi connectivity index (χ1n) is 10.6. The molecule has 166 valence electrons. The molecule has 1 saturated heterocycles. The van der Waals surface area contributed by atoms with Crippen molar-refractivity contribution in [1.29, 1.82) is 0 Å². The Morgan fingerprint density at radius 1 is 0.970 bits per heavy atom. The summed E-state index contributed by atoms with van der Waals surface area (Å²) < 4.78 is 16.3. The third-order valence-corrected chi connectivity index (χ3v) is 5.76. The fourth-order valence-corrected chi connectivity index (χ4v) is 4.03. The van der Waals surface area contributed by atoms with Crippen molar-refractivity contribution in [1.82, 2.24) is 24.6 Å². The lowest BCUT2D eigenvalue weighted by atomic mass is 10.1. The molecule has 9 heteroatoms. The van der Waals surface area contributed by atoms with Gasteiger partial charge in [0.15, 0.2) is 0 Å². The topological polar surface area (TPSA) is 84.2 Å². The summed E-state index contributed by atoms with van der Waals surface area (Å²) >= 11 is 0. The number of anilines is 1. The summed E-state index contributed by atoms with van der Waals surface area (Å²) in [5.74, 6) is -0.283. The zero-order valence-electron chi connectivity index (χ0n) is 17.8. The number of carbonyl (C=O) groups excluding carboxylic acids is 1. The molecule has 8 nitrogen and oxygen atoms in total. The molecule has 0 unspecified atom stereocenters. The van der Waals surface area contributed by atoms with Gasteiger partial charge in [-0.05, 0) is 35.9 Å². The van der Waals surface area contributed by atoms with E-state index in [1.165, 1.54) is 12.3 Å². The summed E-state index contributed by atoms with van der Waals surface area (Å²) in [6, 6.07) is 13.5. The van der Waals surface area contributed by atoms with Crippen LogP contribution in [0.15, 0.2) is 71.9 Å². The van der Waals surface area contributed by atoms with E-state index < -0.39 is 5.82 Å². The van der Waals surface area contributed by atoms with Crippen molar-refractivity contribution in [3.05, 3.63) is 94.3 Å². The van der Waals surface area contributed by atoms with Gasteiger partial charge in [0.05, 0.1) is 23.8 Å². The maximum Gasteiger partial charge on any atom is 0.256 e. The molecule has 1 amide bonds. The summed E-state index contributed by atoms with van der Waals surface area (Å²) in [5.41, 5.74) is 1.28. The maximum atomic E-state index is 14.6. The third-order valence-electron chi connectivity index (χ3n) is 5.76. The van der Waals surface area contributed by atoms with Crippen LogP contribution in [0, 0.1) is 5.82 Å². The largest absolute Gasteiger partial charge is 0.337 e. The Balaban J connectivity index is 1.35. The normalized spacial score (nSPS) is 14.0. The summed E-state index contributed by atoms with van der Waals surface area (Å²) in [5, 5.41) is 4.78. The second-order valence-corrected chi connectivity index (χ2v) is 7.83. The monoisotopic (exact) mass is 444 g/mol. The van der Waals surface area contributed by atoms with Crippen LogP contribution in [0.4, 0.5) is 10.3 Å². The van der Waals surface area contributed by atoms with Gasteiger partial charge in [-0.25, -0.2) is 14.4 Å². The standard InChI is InChI=1S/C24H21FN6O2/c25-20-7-6-17(16-31-21-5-2-1-4-18(21)22(32)15-28-31)14-19(20)23(33)29-10-12-30(13-11-29)24-26-8-3-9-27-24/h1-9,14-15H,10-13,16H2. The number of hydrogen-bond acceptors (Lipinski definition) is 6. The van der Waals surface area contributed by atoms with Crippen molar-refractivity contribution >= 4 is 22.8 Å². The van der Waals surface area contributed by atoms with Gasteiger partial charge >= 0.3 is 0 Å². The molecule has 5 rings (SSSR count). The minimum absolute atomic E-state index is 0.0299. The van der Waals surface area contributed by atoms with Crippen LogP contribution in [0.25, 0.3) is 10.9 Å². The van der Waals surface area contributed by atoms with E-state index in [2.05, 4.69) is 15.1 Å². The van der Waals surface area contributed by atoms with Crippen LogP contribution < -0.4 is 10.3 Å². The van der Waals surface area contributed by atoms with Gasteiger partial charge in [-0.15, -0.1) is 0 Å². The first-order valence-corrected chi connectivity index (χ1v) is 10.6. The van der Waals surface area contributed by atoms with Gasteiger partial charge < -0.3 is 9.80 Å². The number of fused-ring (bicyclic) bond motifs is 1. The van der Waals surface area contributed by atoms with E-state index >= 15 is 0 Å². The molecule has 0 radical (unpaired) electrons. The van der Waals surface area contributed by atoms with E-state index in [0.717, 1.165) is 5.56 Å². The zero-order valence-corrected chi connectivity index (χ0v) is 17.8. The average molecular weight is 444 g/mol. The van der Waals surface area contributed by atoms with E-state index in [1.807, 2.05) is 17.0 Å². The summed E-state index contributed by atoms with van der Waals surface area (Å²) in [7, 11) is 0. The van der Waals surface area contributed by atoms with E-state index in [1.54, 1.807) is 52.3 Å². The number of aromatic nitrogens is 4. The SMILES string of the molecule is O=C(c1cc(Cn2ncc(=O)c3ccccc32)ccc1F)N1CCN(c2ncccn2)CC1. The number of amides is 1. The van der Waals surface area contributed by atoms with Crippen LogP contribution in [0.3, 0.4) is 0 Å². The van der Waals surface area contributed by atoms with Crippen LogP contribution >= 0.6 is 0 Å². The van der Waals surface area contributed by atoms with Crippen LogP contribution in [-0.4, -0.2) is 56.7 Å². The minimum atomic E-state index is -0.560. The lowest BCUT2D eigenvalue weighted by Crippen LogP contribution is -2.49. The van der Waals surface area contributed by atoms with Crippen LogP contribution in [0.1, 0.15) is 15.9 Å². The number of benzene rings is 2. The highest BCUT2D eigenvalue weighted by atomic mass is 19.1. The van der Waals surface area contributed by atoms with Gasteiger partial charge in [-0.3, -0.25) is 14.3 Å². The van der Waals surface area contributed by atoms with Gasteiger partial charge in [0.2, 0.25) is 11.4 Å². The van der Waals surface area contributed by atoms with Gasteiger partial charge in [-0.1, -0.05) is 18.2 Å². The van der Waals surface area contributed by atoms with E-state index in [9.17, 15) is 14.0 Å². The number of hydrogen-bond donors (Lipinski definition) is 0. The number of rotatable bonds is 4. The third kappa shape index (κ3) is 4.17. The Labute approximate surface area is 188 Å². The number of carbonyl (C=O) groups is 1. The molecule has 0 spiro atoms. The molecule has 0 N–H and O–H groups in total. The van der Waals surface area contributed by atoms with Crippen LogP contribution in [0.2, 0.25) is 0 Å². The minimum Gasteiger partial charge on any atom is -0.337 e. The highest BCUT2D eigenvalue weighted by Gasteiger charge is 2.25. The molecule has 2 aromatic carbocycles. The highest BCUT2D eigenvalue weighted by Crippen LogP contribution is 2.18. The summed E-state index contributed by atoms with van der Waals surface area (Å²) in [6.45, 7) is 2.36. The molecule has 2 aromatic heterocycles. The van der Waals surface area contributed by atoms with Crippen molar-refractivity contribution in [2.45, 2.75) is 6.54 Å². The first kappa shape index (κ1) is 20.7. The molecule has 33 heavy (non-hydrogen) atoms.